The van der Waals surface area contributed by atoms with Crippen molar-refractivity contribution in [1.29, 1.82) is 0 Å². The fourth-order valence-electron chi connectivity index (χ4n) is 4.46. The molecule has 0 radical (unpaired) electrons. The Bertz CT molecular complexity index is 1300. The lowest BCUT2D eigenvalue weighted by atomic mass is 9.97. The summed E-state index contributed by atoms with van der Waals surface area (Å²) in [5.74, 6) is 2.00. The minimum Gasteiger partial charge on any atom is -0.456 e. The van der Waals surface area contributed by atoms with E-state index in [1.165, 1.54) is 0 Å². The molecule has 1 amide bonds. The molecule has 0 fully saturated rings. The van der Waals surface area contributed by atoms with Gasteiger partial charge in [0.2, 0.25) is 5.91 Å². The number of rotatable bonds is 8. The summed E-state index contributed by atoms with van der Waals surface area (Å²) in [7, 11) is 0. The Kier molecular flexibility index (Phi) is 6.87. The predicted octanol–water partition coefficient (Wildman–Crippen LogP) is 6.55. The molecule has 0 aliphatic heterocycles. The second kappa shape index (κ2) is 9.84. The van der Waals surface area contributed by atoms with Crippen molar-refractivity contribution in [3.05, 3.63) is 70.4 Å². The molecule has 4 rings (SSSR count). The molecule has 0 aliphatic carbocycles. The molecule has 0 spiro atoms. The van der Waals surface area contributed by atoms with E-state index in [1.54, 1.807) is 0 Å². The second-order valence-electron chi connectivity index (χ2n) is 9.66. The SMILES string of the molecule is Cc1cnc(C(CCC(C)C)NC(=O)Cc2ccc3oc(-c4c(C)noc4C)cc3c2)c(C)c1. The minimum absolute atomic E-state index is 0.00989. The largest absolute Gasteiger partial charge is 0.456 e. The Morgan fingerprint density at radius 2 is 1.85 bits per heavy atom. The summed E-state index contributed by atoms with van der Waals surface area (Å²) in [6.07, 6.45) is 4.05. The first-order valence-electron chi connectivity index (χ1n) is 11.9. The number of benzene rings is 1. The topological polar surface area (TPSA) is 81.2 Å². The third kappa shape index (κ3) is 5.22. The number of nitrogens with zero attached hydrogens (tertiary/aromatic N) is 2. The van der Waals surface area contributed by atoms with Crippen molar-refractivity contribution in [2.24, 2.45) is 5.92 Å². The van der Waals surface area contributed by atoms with Crippen LogP contribution < -0.4 is 5.32 Å². The summed E-state index contributed by atoms with van der Waals surface area (Å²) in [5.41, 5.74) is 6.57. The number of hydrogen-bond donors (Lipinski definition) is 1. The summed E-state index contributed by atoms with van der Waals surface area (Å²) >= 11 is 0. The molecule has 0 saturated heterocycles. The molecule has 1 aromatic carbocycles. The molecule has 6 heteroatoms. The zero-order valence-electron chi connectivity index (χ0n) is 20.9. The Hall–Kier alpha value is -3.41. The number of pyridine rings is 1. The third-order valence-electron chi connectivity index (χ3n) is 6.18. The van der Waals surface area contributed by atoms with E-state index in [4.69, 9.17) is 8.94 Å². The maximum atomic E-state index is 13.1. The van der Waals surface area contributed by atoms with E-state index in [0.717, 1.165) is 69.0 Å². The Balaban J connectivity index is 1.52. The highest BCUT2D eigenvalue weighted by molar-refractivity contribution is 5.86. The van der Waals surface area contributed by atoms with Crippen molar-refractivity contribution in [3.63, 3.8) is 0 Å². The van der Waals surface area contributed by atoms with E-state index >= 15 is 0 Å². The molecular weight excluding hydrogens is 426 g/mol. The number of fused-ring (bicyclic) bond motifs is 1. The van der Waals surface area contributed by atoms with Gasteiger partial charge in [-0.25, -0.2) is 0 Å². The van der Waals surface area contributed by atoms with Crippen LogP contribution in [0.25, 0.3) is 22.3 Å². The predicted molar refractivity (Wildman–Crippen MR) is 134 cm³/mol. The number of furan rings is 1. The van der Waals surface area contributed by atoms with Crippen LogP contribution in [0.4, 0.5) is 0 Å². The summed E-state index contributed by atoms with van der Waals surface area (Å²) in [6, 6.07) is 9.88. The lowest BCUT2D eigenvalue weighted by molar-refractivity contribution is -0.121. The van der Waals surface area contributed by atoms with Gasteiger partial charge in [-0.3, -0.25) is 9.78 Å². The van der Waals surface area contributed by atoms with Crippen LogP contribution in [0.5, 0.6) is 0 Å². The van der Waals surface area contributed by atoms with Crippen molar-refractivity contribution < 1.29 is 13.7 Å². The van der Waals surface area contributed by atoms with E-state index in [0.29, 0.717) is 12.3 Å². The van der Waals surface area contributed by atoms with Crippen LogP contribution in [-0.4, -0.2) is 16.0 Å². The van der Waals surface area contributed by atoms with Gasteiger partial charge in [0.15, 0.2) is 0 Å². The van der Waals surface area contributed by atoms with Crippen molar-refractivity contribution in [3.8, 4) is 11.3 Å². The van der Waals surface area contributed by atoms with E-state index in [-0.39, 0.29) is 11.9 Å². The molecule has 34 heavy (non-hydrogen) atoms. The quantitative estimate of drug-likeness (QED) is 0.323. The van der Waals surface area contributed by atoms with E-state index in [9.17, 15) is 4.79 Å². The summed E-state index contributed by atoms with van der Waals surface area (Å²) in [5, 5.41) is 8.21. The van der Waals surface area contributed by atoms with Crippen LogP contribution in [0, 0.1) is 33.6 Å². The first-order chi connectivity index (χ1) is 16.2. The van der Waals surface area contributed by atoms with Gasteiger partial charge in [0, 0.05) is 11.6 Å². The maximum absolute atomic E-state index is 13.1. The fourth-order valence-corrected chi connectivity index (χ4v) is 4.46. The van der Waals surface area contributed by atoms with Gasteiger partial charge in [0.1, 0.15) is 17.1 Å². The molecule has 6 nitrogen and oxygen atoms in total. The van der Waals surface area contributed by atoms with Crippen LogP contribution in [-0.2, 0) is 11.2 Å². The summed E-state index contributed by atoms with van der Waals surface area (Å²) < 4.78 is 11.3. The van der Waals surface area contributed by atoms with Gasteiger partial charge in [0.25, 0.3) is 0 Å². The van der Waals surface area contributed by atoms with Crippen molar-refractivity contribution in [1.82, 2.24) is 15.5 Å². The Morgan fingerprint density at radius 3 is 2.53 bits per heavy atom. The van der Waals surface area contributed by atoms with Crippen LogP contribution in [0.3, 0.4) is 0 Å². The van der Waals surface area contributed by atoms with Crippen LogP contribution in [0.1, 0.15) is 66.6 Å². The van der Waals surface area contributed by atoms with Crippen molar-refractivity contribution >= 4 is 16.9 Å². The zero-order chi connectivity index (χ0) is 24.4. The van der Waals surface area contributed by atoms with Crippen LogP contribution >= 0.6 is 0 Å². The molecule has 3 heterocycles. The minimum atomic E-state index is -0.0979. The molecule has 1 N–H and O–H groups in total. The molecule has 4 aromatic rings. The maximum Gasteiger partial charge on any atom is 0.224 e. The average Bonchev–Trinajstić information content (AvgIpc) is 3.32. The van der Waals surface area contributed by atoms with Crippen molar-refractivity contribution in [2.75, 3.05) is 0 Å². The molecule has 0 aliphatic rings. The highest BCUT2D eigenvalue weighted by Crippen LogP contribution is 2.32. The molecule has 0 saturated carbocycles. The number of amides is 1. The monoisotopic (exact) mass is 459 g/mol. The summed E-state index contributed by atoms with van der Waals surface area (Å²) in [4.78, 5) is 17.7. The molecule has 1 unspecified atom stereocenters. The summed E-state index contributed by atoms with van der Waals surface area (Å²) in [6.45, 7) is 12.3. The van der Waals surface area contributed by atoms with Gasteiger partial charge < -0.3 is 14.3 Å². The molecule has 178 valence electrons. The molecular formula is C28H33N3O3. The standard InChI is InChI=1S/C28H33N3O3/c1-16(2)7-9-23(28-18(4)11-17(3)15-29-28)30-26(32)13-21-8-10-24-22(12-21)14-25(33-24)27-19(5)31-34-20(27)6/h8,10-12,14-16,23H,7,9,13H2,1-6H3,(H,30,32). The zero-order valence-corrected chi connectivity index (χ0v) is 20.9. The lowest BCUT2D eigenvalue weighted by Gasteiger charge is -2.21. The smallest absolute Gasteiger partial charge is 0.224 e. The molecule has 1 atom stereocenters. The van der Waals surface area contributed by atoms with Gasteiger partial charge in [-0.05, 0) is 81.3 Å². The average molecular weight is 460 g/mol. The van der Waals surface area contributed by atoms with E-state index in [1.807, 2.05) is 51.2 Å². The number of nitrogens with one attached hydrogen (secondary N) is 1. The van der Waals surface area contributed by atoms with Gasteiger partial charge >= 0.3 is 0 Å². The van der Waals surface area contributed by atoms with E-state index in [2.05, 4.69) is 42.3 Å². The number of aryl methyl sites for hydroxylation is 4. The number of aromatic nitrogens is 2. The van der Waals surface area contributed by atoms with Crippen LogP contribution in [0.2, 0.25) is 0 Å². The Labute approximate surface area is 200 Å². The normalized spacial score (nSPS) is 12.4. The lowest BCUT2D eigenvalue weighted by Crippen LogP contribution is -2.31. The van der Waals surface area contributed by atoms with Crippen LogP contribution in [0.15, 0.2) is 45.5 Å². The number of hydrogen-bond acceptors (Lipinski definition) is 5. The van der Waals surface area contributed by atoms with Crippen molar-refractivity contribution in [2.45, 2.75) is 66.8 Å². The first kappa shape index (κ1) is 23.7. The molecule has 0 bridgehead atoms. The Morgan fingerprint density at radius 1 is 1.06 bits per heavy atom. The first-order valence-corrected chi connectivity index (χ1v) is 11.9. The molecule has 3 aromatic heterocycles. The second-order valence-corrected chi connectivity index (χ2v) is 9.66. The number of carbonyl (C=O) groups is 1. The van der Waals surface area contributed by atoms with E-state index < -0.39 is 0 Å². The van der Waals surface area contributed by atoms with Gasteiger partial charge in [0.05, 0.1) is 29.4 Å². The van der Waals surface area contributed by atoms with Gasteiger partial charge in [-0.2, -0.15) is 0 Å². The highest BCUT2D eigenvalue weighted by Gasteiger charge is 2.20. The van der Waals surface area contributed by atoms with Gasteiger partial charge in [-0.15, -0.1) is 0 Å². The highest BCUT2D eigenvalue weighted by atomic mass is 16.5. The third-order valence-corrected chi connectivity index (χ3v) is 6.18. The van der Waals surface area contributed by atoms with Gasteiger partial charge in [-0.1, -0.05) is 31.1 Å². The number of carbonyl (C=O) groups excluding carboxylic acids is 1. The fraction of sp³-hybridized carbons (Fsp3) is 0.393.